The van der Waals surface area contributed by atoms with E-state index in [4.69, 9.17) is 4.42 Å². The predicted molar refractivity (Wildman–Crippen MR) is 107 cm³/mol. The fourth-order valence-electron chi connectivity index (χ4n) is 3.55. The largest absolute Gasteiger partial charge is 0.507 e. The lowest BCUT2D eigenvalue weighted by Gasteiger charge is -2.26. The van der Waals surface area contributed by atoms with Gasteiger partial charge in [-0.25, -0.2) is 0 Å². The van der Waals surface area contributed by atoms with E-state index in [1.165, 1.54) is 11.1 Å². The Balaban J connectivity index is 1.87. The van der Waals surface area contributed by atoms with Gasteiger partial charge in [-0.2, -0.15) is 0 Å². The summed E-state index contributed by atoms with van der Waals surface area (Å²) in [6.45, 7) is 6.38. The number of hydrogen-bond acceptors (Lipinski definition) is 2. The van der Waals surface area contributed by atoms with Gasteiger partial charge in [0.15, 0.2) is 0 Å². The number of aromatic hydroxyl groups is 1. The Morgan fingerprint density at radius 2 is 1.62 bits per heavy atom. The summed E-state index contributed by atoms with van der Waals surface area (Å²) < 4.78 is 5.84. The van der Waals surface area contributed by atoms with Gasteiger partial charge in [0.25, 0.3) is 0 Å². The van der Waals surface area contributed by atoms with Crippen LogP contribution in [0.2, 0.25) is 0 Å². The molecule has 0 saturated heterocycles. The SMILES string of the molecule is Cc1cccc(-c2coc3cc(C(C)(C)c4ccccc4)cc(O)c23)c1. The molecule has 0 atom stereocenters. The van der Waals surface area contributed by atoms with Crippen LogP contribution in [0.25, 0.3) is 22.1 Å². The van der Waals surface area contributed by atoms with E-state index < -0.39 is 0 Å². The molecule has 1 heterocycles. The highest BCUT2D eigenvalue weighted by Gasteiger charge is 2.25. The average Bonchev–Trinajstić information content (AvgIpc) is 3.07. The molecule has 130 valence electrons. The lowest BCUT2D eigenvalue weighted by atomic mass is 9.78. The summed E-state index contributed by atoms with van der Waals surface area (Å²) in [5.74, 6) is 0.256. The maximum Gasteiger partial charge on any atom is 0.138 e. The van der Waals surface area contributed by atoms with Crippen LogP contribution in [0.5, 0.6) is 5.75 Å². The van der Waals surface area contributed by atoms with E-state index in [9.17, 15) is 5.11 Å². The van der Waals surface area contributed by atoms with Gasteiger partial charge < -0.3 is 9.52 Å². The molecule has 0 fully saturated rings. The van der Waals surface area contributed by atoms with E-state index >= 15 is 0 Å². The Hall–Kier alpha value is -3.00. The normalized spacial score (nSPS) is 11.8. The molecule has 0 radical (unpaired) electrons. The lowest BCUT2D eigenvalue weighted by Crippen LogP contribution is -2.18. The Morgan fingerprint density at radius 3 is 2.35 bits per heavy atom. The first kappa shape index (κ1) is 16.5. The minimum atomic E-state index is -0.233. The maximum atomic E-state index is 10.8. The molecule has 0 aliphatic rings. The summed E-state index contributed by atoms with van der Waals surface area (Å²) in [5, 5.41) is 11.6. The first-order valence-electron chi connectivity index (χ1n) is 8.84. The van der Waals surface area contributed by atoms with Gasteiger partial charge in [-0.05, 0) is 35.7 Å². The third-order valence-corrected chi connectivity index (χ3v) is 5.20. The quantitative estimate of drug-likeness (QED) is 0.465. The molecule has 0 bridgehead atoms. The Labute approximate surface area is 153 Å². The van der Waals surface area contributed by atoms with Gasteiger partial charge in [0.2, 0.25) is 0 Å². The van der Waals surface area contributed by atoms with E-state index in [0.29, 0.717) is 5.58 Å². The van der Waals surface area contributed by atoms with Crippen molar-refractivity contribution in [1.29, 1.82) is 0 Å². The van der Waals surface area contributed by atoms with Crippen molar-refractivity contribution in [1.82, 2.24) is 0 Å². The molecular formula is C24H22O2. The van der Waals surface area contributed by atoms with Gasteiger partial charge in [-0.1, -0.05) is 74.0 Å². The number of phenolic OH excluding ortho intramolecular Hbond substituents is 1. The van der Waals surface area contributed by atoms with Crippen LogP contribution in [0.3, 0.4) is 0 Å². The van der Waals surface area contributed by atoms with Crippen molar-refractivity contribution in [3.63, 3.8) is 0 Å². The number of rotatable bonds is 3. The van der Waals surface area contributed by atoms with Crippen molar-refractivity contribution in [3.05, 3.63) is 89.7 Å². The topological polar surface area (TPSA) is 33.4 Å². The monoisotopic (exact) mass is 342 g/mol. The van der Waals surface area contributed by atoms with Crippen LogP contribution < -0.4 is 0 Å². The smallest absolute Gasteiger partial charge is 0.138 e. The van der Waals surface area contributed by atoms with Crippen molar-refractivity contribution < 1.29 is 9.52 Å². The van der Waals surface area contributed by atoms with Crippen molar-refractivity contribution in [2.24, 2.45) is 0 Å². The van der Waals surface area contributed by atoms with Crippen LogP contribution in [-0.2, 0) is 5.41 Å². The summed E-state index contributed by atoms with van der Waals surface area (Å²) in [6, 6.07) is 22.5. The fraction of sp³-hybridized carbons (Fsp3) is 0.167. The third-order valence-electron chi connectivity index (χ3n) is 5.20. The molecule has 4 aromatic rings. The van der Waals surface area contributed by atoms with Crippen molar-refractivity contribution >= 4 is 11.0 Å². The number of aryl methyl sites for hydroxylation is 1. The molecule has 2 nitrogen and oxygen atoms in total. The van der Waals surface area contributed by atoms with Crippen LogP contribution in [-0.4, -0.2) is 5.11 Å². The zero-order valence-corrected chi connectivity index (χ0v) is 15.3. The van der Waals surface area contributed by atoms with Crippen molar-refractivity contribution in [2.75, 3.05) is 0 Å². The molecule has 0 aliphatic carbocycles. The minimum absolute atomic E-state index is 0.233. The van der Waals surface area contributed by atoms with E-state index in [-0.39, 0.29) is 11.2 Å². The first-order chi connectivity index (χ1) is 12.5. The van der Waals surface area contributed by atoms with Gasteiger partial charge in [0, 0.05) is 11.0 Å². The molecule has 0 saturated carbocycles. The van der Waals surface area contributed by atoms with Crippen molar-refractivity contribution in [2.45, 2.75) is 26.2 Å². The Kier molecular flexibility index (Phi) is 3.84. The molecule has 2 heteroatoms. The standard InChI is InChI=1S/C24H22O2/c1-16-8-7-9-17(12-16)20-15-26-22-14-19(13-21(25)23(20)22)24(2,3)18-10-5-4-6-11-18/h4-15,25H,1-3H3. The zero-order chi connectivity index (χ0) is 18.3. The minimum Gasteiger partial charge on any atom is -0.507 e. The van der Waals surface area contributed by atoms with E-state index in [2.05, 4.69) is 45.0 Å². The second-order valence-electron chi connectivity index (χ2n) is 7.38. The van der Waals surface area contributed by atoms with E-state index in [0.717, 1.165) is 22.1 Å². The molecule has 0 aliphatic heterocycles. The van der Waals surface area contributed by atoms with Gasteiger partial charge in [-0.15, -0.1) is 0 Å². The second kappa shape index (κ2) is 6.06. The van der Waals surface area contributed by atoms with Gasteiger partial charge in [-0.3, -0.25) is 0 Å². The van der Waals surface area contributed by atoms with Gasteiger partial charge in [0.1, 0.15) is 11.3 Å². The van der Waals surface area contributed by atoms with Crippen LogP contribution in [0.4, 0.5) is 0 Å². The Bertz CT molecular complexity index is 1070. The molecule has 26 heavy (non-hydrogen) atoms. The number of fused-ring (bicyclic) bond motifs is 1. The predicted octanol–water partition coefficient (Wildman–Crippen LogP) is 6.44. The Morgan fingerprint density at radius 1 is 0.846 bits per heavy atom. The highest BCUT2D eigenvalue weighted by Crippen LogP contribution is 2.41. The molecule has 1 N–H and O–H groups in total. The number of phenols is 1. The molecule has 0 unspecified atom stereocenters. The number of hydrogen-bond donors (Lipinski definition) is 1. The van der Waals surface area contributed by atoms with Crippen LogP contribution >= 0.6 is 0 Å². The summed E-state index contributed by atoms with van der Waals surface area (Å²) in [4.78, 5) is 0. The number of furan rings is 1. The molecule has 1 aromatic heterocycles. The van der Waals surface area contributed by atoms with Crippen LogP contribution in [0.15, 0.2) is 77.4 Å². The van der Waals surface area contributed by atoms with E-state index in [1.807, 2.05) is 42.5 Å². The molecule has 4 rings (SSSR count). The van der Waals surface area contributed by atoms with Gasteiger partial charge in [0.05, 0.1) is 11.6 Å². The average molecular weight is 342 g/mol. The molecule has 0 amide bonds. The molecular weight excluding hydrogens is 320 g/mol. The van der Waals surface area contributed by atoms with Crippen molar-refractivity contribution in [3.8, 4) is 16.9 Å². The maximum absolute atomic E-state index is 10.8. The highest BCUT2D eigenvalue weighted by atomic mass is 16.3. The zero-order valence-electron chi connectivity index (χ0n) is 15.3. The summed E-state index contributed by atoms with van der Waals surface area (Å²) in [6.07, 6.45) is 1.73. The lowest BCUT2D eigenvalue weighted by molar-refractivity contribution is 0.478. The second-order valence-corrected chi connectivity index (χ2v) is 7.38. The summed E-state index contributed by atoms with van der Waals surface area (Å²) in [5.41, 5.74) is 5.85. The molecule has 0 spiro atoms. The first-order valence-corrected chi connectivity index (χ1v) is 8.84. The van der Waals surface area contributed by atoms with E-state index in [1.54, 1.807) is 6.26 Å². The van der Waals surface area contributed by atoms with Gasteiger partial charge >= 0.3 is 0 Å². The fourth-order valence-corrected chi connectivity index (χ4v) is 3.55. The third kappa shape index (κ3) is 2.68. The highest BCUT2D eigenvalue weighted by molar-refractivity contribution is 5.99. The summed E-state index contributed by atoms with van der Waals surface area (Å²) >= 11 is 0. The number of benzene rings is 3. The summed E-state index contributed by atoms with van der Waals surface area (Å²) in [7, 11) is 0. The van der Waals surface area contributed by atoms with Crippen LogP contribution in [0, 0.1) is 6.92 Å². The molecule has 3 aromatic carbocycles. The van der Waals surface area contributed by atoms with Crippen LogP contribution in [0.1, 0.15) is 30.5 Å².